The van der Waals surface area contributed by atoms with E-state index in [1.165, 1.54) is 0 Å². The highest BCUT2D eigenvalue weighted by Crippen LogP contribution is 2.17. The van der Waals surface area contributed by atoms with Crippen LogP contribution in [0.4, 0.5) is 0 Å². The standard InChI is InChI=1S/C9H17NO2.ClH/c1-3-12-9(11)8-5-4-6-10-7(8)2;/h7-8,10H,3-6H2,1-2H3;1H. The first-order valence-corrected chi connectivity index (χ1v) is 4.65. The lowest BCUT2D eigenvalue weighted by Crippen LogP contribution is -2.43. The van der Waals surface area contributed by atoms with Gasteiger partial charge in [-0.25, -0.2) is 0 Å². The lowest BCUT2D eigenvalue weighted by Gasteiger charge is -2.27. The van der Waals surface area contributed by atoms with E-state index in [1.807, 2.05) is 13.8 Å². The second kappa shape index (κ2) is 6.22. The van der Waals surface area contributed by atoms with Crippen LogP contribution in [0.15, 0.2) is 0 Å². The molecule has 3 nitrogen and oxygen atoms in total. The normalized spacial score (nSPS) is 27.5. The van der Waals surface area contributed by atoms with Crippen molar-refractivity contribution < 1.29 is 9.53 Å². The van der Waals surface area contributed by atoms with Crippen molar-refractivity contribution >= 4 is 18.4 Å². The molecule has 0 radical (unpaired) electrons. The van der Waals surface area contributed by atoms with Gasteiger partial charge in [-0.2, -0.15) is 0 Å². The molecule has 0 saturated carbocycles. The fraction of sp³-hybridized carbons (Fsp3) is 0.889. The van der Waals surface area contributed by atoms with Gasteiger partial charge in [-0.05, 0) is 33.2 Å². The lowest BCUT2D eigenvalue weighted by molar-refractivity contribution is -0.149. The van der Waals surface area contributed by atoms with Gasteiger partial charge in [0.25, 0.3) is 0 Å². The van der Waals surface area contributed by atoms with Crippen LogP contribution in [0.25, 0.3) is 0 Å². The molecule has 2 atom stereocenters. The van der Waals surface area contributed by atoms with E-state index < -0.39 is 0 Å². The van der Waals surface area contributed by atoms with Crippen LogP contribution < -0.4 is 5.32 Å². The van der Waals surface area contributed by atoms with Gasteiger partial charge in [0.1, 0.15) is 0 Å². The Morgan fingerprint density at radius 3 is 2.85 bits per heavy atom. The Balaban J connectivity index is 0.00000144. The van der Waals surface area contributed by atoms with Crippen molar-refractivity contribution in [2.75, 3.05) is 13.2 Å². The van der Waals surface area contributed by atoms with Gasteiger partial charge in [-0.15, -0.1) is 12.4 Å². The SMILES string of the molecule is CCOC(=O)C1CCCNC1C.Cl. The Morgan fingerprint density at radius 2 is 2.31 bits per heavy atom. The minimum Gasteiger partial charge on any atom is -0.466 e. The molecule has 1 aliphatic rings. The summed E-state index contributed by atoms with van der Waals surface area (Å²) in [7, 11) is 0. The lowest BCUT2D eigenvalue weighted by atomic mass is 9.92. The number of ether oxygens (including phenoxy) is 1. The maximum absolute atomic E-state index is 11.3. The molecule has 0 amide bonds. The molecule has 4 heteroatoms. The molecular formula is C9H18ClNO2. The van der Waals surface area contributed by atoms with Crippen molar-refractivity contribution in [3.05, 3.63) is 0 Å². The second-order valence-corrected chi connectivity index (χ2v) is 3.24. The molecule has 1 heterocycles. The first kappa shape index (κ1) is 12.7. The molecule has 0 aromatic carbocycles. The number of hydrogen-bond acceptors (Lipinski definition) is 3. The van der Waals surface area contributed by atoms with Gasteiger partial charge in [0.15, 0.2) is 0 Å². The van der Waals surface area contributed by atoms with E-state index in [1.54, 1.807) is 0 Å². The molecule has 0 aromatic rings. The molecule has 1 aliphatic heterocycles. The Morgan fingerprint density at radius 1 is 1.62 bits per heavy atom. The molecule has 78 valence electrons. The Labute approximate surface area is 85.6 Å². The van der Waals surface area contributed by atoms with E-state index in [9.17, 15) is 4.79 Å². The summed E-state index contributed by atoms with van der Waals surface area (Å²) in [6, 6.07) is 0.276. The number of nitrogens with one attached hydrogen (secondary N) is 1. The molecule has 1 rings (SSSR count). The summed E-state index contributed by atoms with van der Waals surface area (Å²) in [5, 5.41) is 3.27. The number of carbonyl (C=O) groups excluding carboxylic acids is 1. The van der Waals surface area contributed by atoms with Gasteiger partial charge in [-0.3, -0.25) is 4.79 Å². The highest BCUT2D eigenvalue weighted by Gasteiger charge is 2.28. The molecule has 1 fully saturated rings. The molecule has 0 aliphatic carbocycles. The van der Waals surface area contributed by atoms with Crippen LogP contribution in [0.5, 0.6) is 0 Å². The Bertz CT molecular complexity index is 164. The smallest absolute Gasteiger partial charge is 0.310 e. The summed E-state index contributed by atoms with van der Waals surface area (Å²) in [5.74, 6) is 0.0240. The quantitative estimate of drug-likeness (QED) is 0.695. The molecule has 0 aromatic heterocycles. The zero-order valence-corrected chi connectivity index (χ0v) is 9.02. The topological polar surface area (TPSA) is 38.3 Å². The fourth-order valence-electron chi connectivity index (χ4n) is 1.62. The number of esters is 1. The van der Waals surface area contributed by atoms with E-state index in [-0.39, 0.29) is 30.3 Å². The Hall–Kier alpha value is -0.280. The van der Waals surface area contributed by atoms with Crippen molar-refractivity contribution in [1.82, 2.24) is 5.32 Å². The van der Waals surface area contributed by atoms with Crippen LogP contribution in [0.2, 0.25) is 0 Å². The van der Waals surface area contributed by atoms with Gasteiger partial charge < -0.3 is 10.1 Å². The Kier molecular flexibility index (Phi) is 6.08. The third-order valence-electron chi connectivity index (χ3n) is 2.35. The summed E-state index contributed by atoms with van der Waals surface area (Å²) < 4.78 is 4.97. The average molecular weight is 208 g/mol. The fourth-order valence-corrected chi connectivity index (χ4v) is 1.62. The largest absolute Gasteiger partial charge is 0.466 e. The second-order valence-electron chi connectivity index (χ2n) is 3.24. The number of piperidine rings is 1. The van der Waals surface area contributed by atoms with E-state index >= 15 is 0 Å². The predicted octanol–water partition coefficient (Wildman–Crippen LogP) is 1.36. The van der Waals surface area contributed by atoms with Crippen molar-refractivity contribution in [2.24, 2.45) is 5.92 Å². The molecule has 1 saturated heterocycles. The van der Waals surface area contributed by atoms with Gasteiger partial charge in [0, 0.05) is 6.04 Å². The average Bonchev–Trinajstić information content (AvgIpc) is 2.05. The number of carbonyl (C=O) groups is 1. The summed E-state index contributed by atoms with van der Waals surface area (Å²) in [6.07, 6.45) is 2.04. The van der Waals surface area contributed by atoms with Crippen molar-refractivity contribution in [2.45, 2.75) is 32.7 Å². The third kappa shape index (κ3) is 3.53. The zero-order chi connectivity index (χ0) is 8.97. The minimum atomic E-state index is -0.0443. The molecule has 13 heavy (non-hydrogen) atoms. The highest BCUT2D eigenvalue weighted by molar-refractivity contribution is 5.85. The van der Waals surface area contributed by atoms with Gasteiger partial charge >= 0.3 is 5.97 Å². The zero-order valence-electron chi connectivity index (χ0n) is 8.21. The van der Waals surface area contributed by atoms with Gasteiger partial charge in [0.05, 0.1) is 12.5 Å². The molecule has 0 bridgehead atoms. The van der Waals surface area contributed by atoms with Crippen LogP contribution in [-0.2, 0) is 9.53 Å². The summed E-state index contributed by atoms with van der Waals surface area (Å²) in [4.78, 5) is 11.3. The van der Waals surface area contributed by atoms with Crippen molar-refractivity contribution in [3.63, 3.8) is 0 Å². The van der Waals surface area contributed by atoms with Gasteiger partial charge in [-0.1, -0.05) is 0 Å². The third-order valence-corrected chi connectivity index (χ3v) is 2.35. The van der Waals surface area contributed by atoms with E-state index in [4.69, 9.17) is 4.74 Å². The summed E-state index contributed by atoms with van der Waals surface area (Å²) in [5.41, 5.74) is 0. The molecule has 2 unspecified atom stereocenters. The van der Waals surface area contributed by atoms with Crippen LogP contribution in [0, 0.1) is 5.92 Å². The summed E-state index contributed by atoms with van der Waals surface area (Å²) in [6.45, 7) is 5.40. The van der Waals surface area contributed by atoms with E-state index in [0.717, 1.165) is 19.4 Å². The van der Waals surface area contributed by atoms with Crippen LogP contribution in [0.1, 0.15) is 26.7 Å². The first-order chi connectivity index (χ1) is 5.75. The van der Waals surface area contributed by atoms with E-state index in [0.29, 0.717) is 6.61 Å². The predicted molar refractivity (Wildman–Crippen MR) is 54.1 cm³/mol. The van der Waals surface area contributed by atoms with Crippen molar-refractivity contribution in [3.8, 4) is 0 Å². The molecular weight excluding hydrogens is 190 g/mol. The van der Waals surface area contributed by atoms with Crippen LogP contribution in [-0.4, -0.2) is 25.2 Å². The monoisotopic (exact) mass is 207 g/mol. The summed E-state index contributed by atoms with van der Waals surface area (Å²) >= 11 is 0. The maximum atomic E-state index is 11.3. The van der Waals surface area contributed by atoms with Crippen molar-refractivity contribution in [1.29, 1.82) is 0 Å². The number of rotatable bonds is 2. The molecule has 0 spiro atoms. The first-order valence-electron chi connectivity index (χ1n) is 4.65. The van der Waals surface area contributed by atoms with Gasteiger partial charge in [0.2, 0.25) is 0 Å². The maximum Gasteiger partial charge on any atom is 0.310 e. The van der Waals surface area contributed by atoms with E-state index in [2.05, 4.69) is 5.32 Å². The number of halogens is 1. The van der Waals surface area contributed by atoms with Crippen LogP contribution in [0.3, 0.4) is 0 Å². The van der Waals surface area contributed by atoms with Crippen LogP contribution >= 0.6 is 12.4 Å². The molecule has 1 N–H and O–H groups in total. The highest BCUT2D eigenvalue weighted by atomic mass is 35.5. The minimum absolute atomic E-state index is 0. The number of hydrogen-bond donors (Lipinski definition) is 1.